The Hall–Kier alpha value is -3.95. The molecular weight excluding hydrogens is 354 g/mol. The largest absolute Gasteiger partial charge is 0.506 e. The van der Waals surface area contributed by atoms with Crippen LogP contribution in [-0.4, -0.2) is 51.9 Å². The van der Waals surface area contributed by atoms with Gasteiger partial charge in [-0.1, -0.05) is 6.08 Å². The molecule has 0 spiro atoms. The van der Waals surface area contributed by atoms with Crippen molar-refractivity contribution >= 4 is 17.6 Å². The summed E-state index contributed by atoms with van der Waals surface area (Å²) < 4.78 is 9.59. The lowest BCUT2D eigenvalue weighted by atomic mass is 10.1. The molecule has 2 N–H and O–H groups in total. The first-order valence-corrected chi connectivity index (χ1v) is 7.68. The van der Waals surface area contributed by atoms with Crippen LogP contribution in [-0.2, 0) is 19.1 Å². The lowest BCUT2D eigenvalue weighted by Crippen LogP contribution is -2.27. The predicted octanol–water partition coefficient (Wildman–Crippen LogP) is 1.06. The summed E-state index contributed by atoms with van der Waals surface area (Å²) in [5.41, 5.74) is 0.596. The van der Waals surface area contributed by atoms with Gasteiger partial charge in [-0.25, -0.2) is 9.59 Å². The minimum Gasteiger partial charge on any atom is -0.506 e. The first kappa shape index (κ1) is 17.9. The van der Waals surface area contributed by atoms with Gasteiger partial charge in [0.25, 0.3) is 0 Å². The molecule has 0 amide bonds. The zero-order chi connectivity index (χ0) is 19.4. The molecule has 1 aromatic carbocycles. The Morgan fingerprint density at radius 1 is 1.15 bits per heavy atom. The molecule has 1 aliphatic rings. The number of nitrogens with zero attached hydrogens (tertiary/aromatic N) is 4. The number of phenols is 1. The topological polar surface area (TPSA) is 131 Å². The van der Waals surface area contributed by atoms with Crippen LogP contribution in [0.2, 0.25) is 0 Å². The lowest BCUT2D eigenvalue weighted by molar-refractivity contribution is -0.139. The summed E-state index contributed by atoms with van der Waals surface area (Å²) in [5, 5.41) is 24.0. The summed E-state index contributed by atoms with van der Waals surface area (Å²) in [7, 11) is 2.39. The first-order chi connectivity index (χ1) is 13.1. The number of tetrazole rings is 1. The van der Waals surface area contributed by atoms with Gasteiger partial charge >= 0.3 is 11.9 Å². The third-order valence-corrected chi connectivity index (χ3v) is 3.73. The number of aromatic hydroxyl groups is 1. The molecule has 1 aliphatic heterocycles. The number of allylic oxidation sites excluding steroid dienone is 2. The van der Waals surface area contributed by atoms with Gasteiger partial charge < -0.3 is 19.5 Å². The Bertz CT molecular complexity index is 962. The monoisotopic (exact) mass is 369 g/mol. The molecule has 0 saturated heterocycles. The molecule has 0 saturated carbocycles. The van der Waals surface area contributed by atoms with Crippen LogP contribution in [0.25, 0.3) is 11.4 Å². The normalized spacial score (nSPS) is 13.5. The number of benzene rings is 1. The summed E-state index contributed by atoms with van der Waals surface area (Å²) in [5.74, 6) is -1.35. The van der Waals surface area contributed by atoms with E-state index in [0.717, 1.165) is 0 Å². The summed E-state index contributed by atoms with van der Waals surface area (Å²) >= 11 is 0. The van der Waals surface area contributed by atoms with Crippen molar-refractivity contribution in [1.82, 2.24) is 20.6 Å². The maximum absolute atomic E-state index is 12.4. The Labute approximate surface area is 153 Å². The fraction of sp³-hybridized carbons (Fsp3) is 0.118. The molecule has 1 aromatic heterocycles. The first-order valence-electron chi connectivity index (χ1n) is 7.68. The van der Waals surface area contributed by atoms with Crippen LogP contribution in [0.4, 0.5) is 5.69 Å². The molecule has 0 radical (unpaired) electrons. The van der Waals surface area contributed by atoms with E-state index in [1.807, 2.05) is 0 Å². The van der Waals surface area contributed by atoms with E-state index in [0.29, 0.717) is 11.4 Å². The molecule has 10 heteroatoms. The number of phenolic OH excluding ortho intramolecular Hbond substituents is 1. The summed E-state index contributed by atoms with van der Waals surface area (Å²) in [6.45, 7) is 0. The van der Waals surface area contributed by atoms with Crippen molar-refractivity contribution in [3.63, 3.8) is 0 Å². The van der Waals surface area contributed by atoms with Crippen molar-refractivity contribution in [2.24, 2.45) is 0 Å². The lowest BCUT2D eigenvalue weighted by Gasteiger charge is -2.24. The molecule has 0 unspecified atom stereocenters. The second-order valence-electron chi connectivity index (χ2n) is 5.25. The molecule has 2 aromatic rings. The van der Waals surface area contributed by atoms with Crippen LogP contribution in [0.5, 0.6) is 5.75 Å². The van der Waals surface area contributed by atoms with Crippen LogP contribution in [0.1, 0.15) is 0 Å². The fourth-order valence-corrected chi connectivity index (χ4v) is 2.49. The van der Waals surface area contributed by atoms with Crippen LogP contribution < -0.4 is 4.90 Å². The van der Waals surface area contributed by atoms with Gasteiger partial charge in [-0.3, -0.25) is 0 Å². The van der Waals surface area contributed by atoms with E-state index in [2.05, 4.69) is 20.6 Å². The average Bonchev–Trinajstić information content (AvgIpc) is 3.13. The summed E-state index contributed by atoms with van der Waals surface area (Å²) in [6.07, 6.45) is 6.09. The van der Waals surface area contributed by atoms with E-state index in [-0.39, 0.29) is 22.7 Å². The molecule has 27 heavy (non-hydrogen) atoms. The molecule has 3 rings (SSSR count). The van der Waals surface area contributed by atoms with Crippen LogP contribution >= 0.6 is 0 Å². The molecule has 0 aliphatic carbocycles. The molecule has 0 atom stereocenters. The van der Waals surface area contributed by atoms with Gasteiger partial charge in [0.15, 0.2) is 0 Å². The number of anilines is 1. The van der Waals surface area contributed by atoms with Crippen molar-refractivity contribution in [2.75, 3.05) is 19.1 Å². The smallest absolute Gasteiger partial charge is 0.355 e. The van der Waals surface area contributed by atoms with E-state index in [1.54, 1.807) is 24.3 Å². The molecule has 2 heterocycles. The molecule has 10 nitrogen and oxygen atoms in total. The van der Waals surface area contributed by atoms with Crippen molar-refractivity contribution in [3.05, 3.63) is 53.9 Å². The minimum atomic E-state index is -0.782. The van der Waals surface area contributed by atoms with Crippen molar-refractivity contribution in [3.8, 4) is 17.1 Å². The zero-order valence-corrected chi connectivity index (χ0v) is 14.4. The number of aromatic nitrogens is 4. The second kappa shape index (κ2) is 7.52. The Balaban J connectivity index is 2.20. The van der Waals surface area contributed by atoms with E-state index in [1.165, 1.54) is 37.5 Å². The van der Waals surface area contributed by atoms with E-state index < -0.39 is 11.9 Å². The van der Waals surface area contributed by atoms with Crippen LogP contribution in [0, 0.1) is 0 Å². The number of carbonyl (C=O) groups is 2. The van der Waals surface area contributed by atoms with Crippen LogP contribution in [0.3, 0.4) is 0 Å². The average molecular weight is 369 g/mol. The van der Waals surface area contributed by atoms with Crippen molar-refractivity contribution in [1.29, 1.82) is 0 Å². The standard InChI is InChI=1S/C17H15N5O5/c1-26-16(24)11-5-3-4-8-22(14(11)17(25)27-2)12-9-10(6-7-13(12)23)15-18-20-21-19-15/h3-9,23H,1-2H3,(H,18,19,20,21). The number of hydrogen-bond donors (Lipinski definition) is 2. The summed E-state index contributed by atoms with van der Waals surface area (Å²) in [6, 6.07) is 4.56. The van der Waals surface area contributed by atoms with Gasteiger partial charge in [0, 0.05) is 11.8 Å². The third kappa shape index (κ3) is 3.40. The van der Waals surface area contributed by atoms with Crippen LogP contribution in [0.15, 0.2) is 53.9 Å². The number of nitrogens with one attached hydrogen (secondary N) is 1. The molecule has 0 bridgehead atoms. The van der Waals surface area contributed by atoms with Gasteiger partial charge in [-0.15, -0.1) is 10.2 Å². The number of hydrogen-bond acceptors (Lipinski definition) is 9. The number of methoxy groups -OCH3 is 2. The number of carbonyl (C=O) groups excluding carboxylic acids is 2. The highest BCUT2D eigenvalue weighted by Gasteiger charge is 2.29. The Kier molecular flexibility index (Phi) is 4.97. The van der Waals surface area contributed by atoms with Gasteiger partial charge in [-0.2, -0.15) is 5.21 Å². The van der Waals surface area contributed by atoms with Gasteiger partial charge in [-0.05, 0) is 35.6 Å². The number of rotatable bonds is 4. The molecular formula is C17H15N5O5. The highest BCUT2D eigenvalue weighted by atomic mass is 16.5. The SMILES string of the molecule is COC(=O)C1=C(C(=O)OC)N(c2cc(-c3nn[nH]n3)ccc2O)C=CC=C1. The highest BCUT2D eigenvalue weighted by Crippen LogP contribution is 2.35. The van der Waals surface area contributed by atoms with Crippen molar-refractivity contribution in [2.45, 2.75) is 0 Å². The maximum Gasteiger partial charge on any atom is 0.355 e. The quantitative estimate of drug-likeness (QED) is 0.760. The molecule has 0 fully saturated rings. The highest BCUT2D eigenvalue weighted by molar-refractivity contribution is 6.05. The maximum atomic E-state index is 12.4. The van der Waals surface area contributed by atoms with Crippen molar-refractivity contribution < 1.29 is 24.2 Å². The van der Waals surface area contributed by atoms with E-state index >= 15 is 0 Å². The van der Waals surface area contributed by atoms with Gasteiger partial charge in [0.2, 0.25) is 5.82 Å². The number of aromatic amines is 1. The Morgan fingerprint density at radius 3 is 2.59 bits per heavy atom. The van der Waals surface area contributed by atoms with Gasteiger partial charge in [0.05, 0.1) is 25.5 Å². The molecule has 138 valence electrons. The van der Waals surface area contributed by atoms with E-state index in [4.69, 9.17) is 9.47 Å². The minimum absolute atomic E-state index is 0.0290. The second-order valence-corrected chi connectivity index (χ2v) is 5.25. The van der Waals surface area contributed by atoms with Gasteiger partial charge in [0.1, 0.15) is 11.4 Å². The number of H-pyrrole nitrogens is 1. The van der Waals surface area contributed by atoms with E-state index in [9.17, 15) is 14.7 Å². The predicted molar refractivity (Wildman–Crippen MR) is 93.1 cm³/mol. The zero-order valence-electron chi connectivity index (χ0n) is 14.4. The fourth-order valence-electron chi connectivity index (χ4n) is 2.49. The third-order valence-electron chi connectivity index (χ3n) is 3.73. The Morgan fingerprint density at radius 2 is 1.93 bits per heavy atom. The number of ether oxygens (including phenoxy) is 2. The number of esters is 2. The summed E-state index contributed by atoms with van der Waals surface area (Å²) in [4.78, 5) is 25.9.